The number of hydrazine groups is 1. The van der Waals surface area contributed by atoms with Gasteiger partial charge < -0.3 is 14.2 Å². The number of carbonyl (C=O) groups excluding carboxylic acids is 2. The molecule has 2 N–H and O–H groups in total. The Bertz CT molecular complexity index is 835. The summed E-state index contributed by atoms with van der Waals surface area (Å²) in [7, 11) is 2.99. The molecule has 2 amide bonds. The van der Waals surface area contributed by atoms with Gasteiger partial charge in [-0.1, -0.05) is 12.1 Å². The molecule has 1 atom stereocenters. The fraction of sp³-hybridized carbons (Fsp3) is 0.300. The van der Waals surface area contributed by atoms with Gasteiger partial charge in [0.2, 0.25) is 0 Å². The van der Waals surface area contributed by atoms with Crippen LogP contribution < -0.4 is 25.1 Å². The van der Waals surface area contributed by atoms with Crippen LogP contribution in [0.15, 0.2) is 36.4 Å². The van der Waals surface area contributed by atoms with Crippen LogP contribution >= 0.6 is 0 Å². The van der Waals surface area contributed by atoms with Crippen LogP contribution in [0.1, 0.15) is 28.4 Å². The molecule has 144 valence electrons. The Balaban J connectivity index is 1.96. The van der Waals surface area contributed by atoms with Crippen molar-refractivity contribution in [1.82, 2.24) is 10.9 Å². The highest BCUT2D eigenvalue weighted by Gasteiger charge is 2.17. The fourth-order valence-corrected chi connectivity index (χ4v) is 2.35. The maximum atomic E-state index is 12.2. The summed E-state index contributed by atoms with van der Waals surface area (Å²) in [5, 5.41) is 0. The lowest BCUT2D eigenvalue weighted by atomic mass is 10.1. The normalized spacial score (nSPS) is 11.3. The van der Waals surface area contributed by atoms with Gasteiger partial charge in [0.05, 0.1) is 14.2 Å². The number of benzene rings is 2. The molecule has 0 aromatic heterocycles. The fourth-order valence-electron chi connectivity index (χ4n) is 2.35. The topological polar surface area (TPSA) is 85.9 Å². The van der Waals surface area contributed by atoms with Crippen molar-refractivity contribution in [3.8, 4) is 17.2 Å². The molecule has 0 aliphatic carbocycles. The molecular weight excluding hydrogens is 348 g/mol. The van der Waals surface area contributed by atoms with Gasteiger partial charge in [0.1, 0.15) is 5.75 Å². The summed E-state index contributed by atoms with van der Waals surface area (Å²) in [6.07, 6.45) is -0.781. The summed E-state index contributed by atoms with van der Waals surface area (Å²) < 4.78 is 16.0. The molecule has 0 spiro atoms. The Labute approximate surface area is 158 Å². The minimum absolute atomic E-state index is 0.316. The highest BCUT2D eigenvalue weighted by atomic mass is 16.5. The van der Waals surface area contributed by atoms with Gasteiger partial charge in [-0.15, -0.1) is 0 Å². The minimum atomic E-state index is -0.781. The van der Waals surface area contributed by atoms with E-state index in [1.54, 1.807) is 19.1 Å². The third kappa shape index (κ3) is 5.13. The van der Waals surface area contributed by atoms with E-state index in [0.717, 1.165) is 11.1 Å². The molecule has 2 aromatic carbocycles. The summed E-state index contributed by atoms with van der Waals surface area (Å²) in [6.45, 7) is 5.46. The second kappa shape index (κ2) is 8.93. The summed E-state index contributed by atoms with van der Waals surface area (Å²) in [5.74, 6) is 0.605. The smallest absolute Gasteiger partial charge is 0.279 e. The van der Waals surface area contributed by atoms with Gasteiger partial charge in [-0.25, -0.2) is 0 Å². The van der Waals surface area contributed by atoms with Crippen LogP contribution in [0.5, 0.6) is 17.2 Å². The Hall–Kier alpha value is -3.22. The molecule has 27 heavy (non-hydrogen) atoms. The number of amides is 2. The maximum absolute atomic E-state index is 12.2. The number of carbonyl (C=O) groups is 2. The zero-order chi connectivity index (χ0) is 20.0. The lowest BCUT2D eigenvalue weighted by molar-refractivity contribution is -0.128. The average Bonchev–Trinajstić information content (AvgIpc) is 2.67. The average molecular weight is 372 g/mol. The van der Waals surface area contributed by atoms with E-state index in [0.29, 0.717) is 22.8 Å². The monoisotopic (exact) mass is 372 g/mol. The number of ether oxygens (including phenoxy) is 3. The molecule has 2 aromatic rings. The van der Waals surface area contributed by atoms with Gasteiger partial charge in [-0.05, 0) is 56.2 Å². The largest absolute Gasteiger partial charge is 0.493 e. The zero-order valence-electron chi connectivity index (χ0n) is 16.1. The molecule has 1 unspecified atom stereocenters. The SMILES string of the molecule is COc1ccc(C(=O)NNC(=O)C(C)Oc2cc(C)ccc2C)cc1OC. The first-order valence-corrected chi connectivity index (χ1v) is 8.41. The molecule has 0 aliphatic heterocycles. The van der Waals surface area contributed by atoms with Crippen LogP contribution in [0.3, 0.4) is 0 Å². The second-order valence-electron chi connectivity index (χ2n) is 6.04. The lowest BCUT2D eigenvalue weighted by Gasteiger charge is -2.17. The zero-order valence-corrected chi connectivity index (χ0v) is 16.1. The van der Waals surface area contributed by atoms with Crippen LogP contribution in [0.4, 0.5) is 0 Å². The molecule has 0 heterocycles. The Morgan fingerprint density at radius 1 is 0.889 bits per heavy atom. The number of rotatable bonds is 6. The maximum Gasteiger partial charge on any atom is 0.279 e. The van der Waals surface area contributed by atoms with Gasteiger partial charge in [-0.2, -0.15) is 0 Å². The molecular formula is C20H24N2O5. The molecule has 0 bridgehead atoms. The van der Waals surface area contributed by atoms with Crippen molar-refractivity contribution in [3.63, 3.8) is 0 Å². The van der Waals surface area contributed by atoms with Gasteiger partial charge in [0.15, 0.2) is 17.6 Å². The quantitative estimate of drug-likeness (QED) is 0.761. The number of methoxy groups -OCH3 is 2. The number of nitrogens with one attached hydrogen (secondary N) is 2. The molecule has 0 saturated carbocycles. The molecule has 7 heteroatoms. The number of aryl methyl sites for hydroxylation is 2. The Morgan fingerprint density at radius 2 is 1.59 bits per heavy atom. The molecule has 0 fully saturated rings. The summed E-state index contributed by atoms with van der Waals surface area (Å²) in [6, 6.07) is 10.5. The molecule has 0 saturated heterocycles. The van der Waals surface area contributed by atoms with Crippen molar-refractivity contribution in [2.24, 2.45) is 0 Å². The van der Waals surface area contributed by atoms with Crippen molar-refractivity contribution < 1.29 is 23.8 Å². The second-order valence-corrected chi connectivity index (χ2v) is 6.04. The van der Waals surface area contributed by atoms with Crippen molar-refractivity contribution >= 4 is 11.8 Å². The molecule has 0 radical (unpaired) electrons. The number of hydrogen-bond donors (Lipinski definition) is 2. The van der Waals surface area contributed by atoms with E-state index in [1.165, 1.54) is 20.3 Å². The van der Waals surface area contributed by atoms with E-state index in [9.17, 15) is 9.59 Å². The first-order chi connectivity index (χ1) is 12.8. The van der Waals surface area contributed by atoms with Gasteiger partial charge in [-0.3, -0.25) is 20.4 Å². The Morgan fingerprint density at radius 3 is 2.26 bits per heavy atom. The Kier molecular flexibility index (Phi) is 6.65. The summed E-state index contributed by atoms with van der Waals surface area (Å²) >= 11 is 0. The number of hydrogen-bond acceptors (Lipinski definition) is 5. The van der Waals surface area contributed by atoms with Crippen LogP contribution in [-0.2, 0) is 4.79 Å². The molecule has 2 rings (SSSR count). The standard InChI is InChI=1S/C20H24N2O5/c1-12-6-7-13(2)17(10-12)27-14(3)19(23)21-22-20(24)15-8-9-16(25-4)18(11-15)26-5/h6-11,14H,1-5H3,(H,21,23)(H,22,24). The van der Waals surface area contributed by atoms with E-state index in [1.807, 2.05) is 32.0 Å². The van der Waals surface area contributed by atoms with Crippen molar-refractivity contribution in [3.05, 3.63) is 53.1 Å². The van der Waals surface area contributed by atoms with Crippen molar-refractivity contribution in [2.75, 3.05) is 14.2 Å². The van der Waals surface area contributed by atoms with Crippen LogP contribution in [0.25, 0.3) is 0 Å². The predicted molar refractivity (Wildman–Crippen MR) is 101 cm³/mol. The van der Waals surface area contributed by atoms with E-state index < -0.39 is 17.9 Å². The van der Waals surface area contributed by atoms with E-state index in [-0.39, 0.29) is 0 Å². The van der Waals surface area contributed by atoms with Crippen LogP contribution in [0.2, 0.25) is 0 Å². The van der Waals surface area contributed by atoms with E-state index >= 15 is 0 Å². The predicted octanol–water partition coefficient (Wildman–Crippen LogP) is 2.55. The lowest BCUT2D eigenvalue weighted by Crippen LogP contribution is -2.47. The molecule has 7 nitrogen and oxygen atoms in total. The highest BCUT2D eigenvalue weighted by Crippen LogP contribution is 2.27. The molecule has 0 aliphatic rings. The van der Waals surface area contributed by atoms with Gasteiger partial charge >= 0.3 is 0 Å². The third-order valence-electron chi connectivity index (χ3n) is 3.96. The van der Waals surface area contributed by atoms with Crippen molar-refractivity contribution in [2.45, 2.75) is 26.9 Å². The van der Waals surface area contributed by atoms with Crippen LogP contribution in [0, 0.1) is 13.8 Å². The summed E-state index contributed by atoms with van der Waals surface area (Å²) in [5.41, 5.74) is 7.00. The first-order valence-electron chi connectivity index (χ1n) is 8.41. The van der Waals surface area contributed by atoms with Gasteiger partial charge in [0.25, 0.3) is 11.8 Å². The third-order valence-corrected chi connectivity index (χ3v) is 3.96. The highest BCUT2D eigenvalue weighted by molar-refractivity contribution is 5.96. The van der Waals surface area contributed by atoms with E-state index in [2.05, 4.69) is 10.9 Å². The minimum Gasteiger partial charge on any atom is -0.493 e. The van der Waals surface area contributed by atoms with Crippen molar-refractivity contribution in [1.29, 1.82) is 0 Å². The van der Waals surface area contributed by atoms with E-state index in [4.69, 9.17) is 14.2 Å². The van der Waals surface area contributed by atoms with Gasteiger partial charge in [0, 0.05) is 5.56 Å². The first kappa shape index (κ1) is 20.1. The summed E-state index contributed by atoms with van der Waals surface area (Å²) in [4.78, 5) is 24.4. The van der Waals surface area contributed by atoms with Crippen LogP contribution in [-0.4, -0.2) is 32.1 Å².